The van der Waals surface area contributed by atoms with E-state index in [1.807, 2.05) is 25.1 Å². The summed E-state index contributed by atoms with van der Waals surface area (Å²) in [7, 11) is 0. The molecule has 0 unspecified atom stereocenters. The van der Waals surface area contributed by atoms with Crippen molar-refractivity contribution in [2.24, 2.45) is 0 Å². The van der Waals surface area contributed by atoms with E-state index in [9.17, 15) is 0 Å². The molecule has 0 amide bonds. The van der Waals surface area contributed by atoms with Crippen molar-refractivity contribution in [1.29, 1.82) is 0 Å². The number of benzene rings is 1. The first-order valence-corrected chi connectivity index (χ1v) is 6.23. The first-order valence-electron chi connectivity index (χ1n) is 4.68. The van der Waals surface area contributed by atoms with Crippen LogP contribution in [0, 0.1) is 6.92 Å². The van der Waals surface area contributed by atoms with Gasteiger partial charge in [-0.15, -0.1) is 0 Å². The normalized spacial score (nSPS) is 10.4. The van der Waals surface area contributed by atoms with Gasteiger partial charge in [0, 0.05) is 0 Å². The van der Waals surface area contributed by atoms with Gasteiger partial charge < -0.3 is 4.74 Å². The third-order valence-corrected chi connectivity index (χ3v) is 3.04. The fourth-order valence-corrected chi connectivity index (χ4v) is 2.02. The van der Waals surface area contributed by atoms with Gasteiger partial charge in [0.15, 0.2) is 0 Å². The summed E-state index contributed by atoms with van der Waals surface area (Å²) in [4.78, 5) is 7.66. The minimum atomic E-state index is 0.0904. The number of rotatable bonds is 2. The van der Waals surface area contributed by atoms with Crippen molar-refractivity contribution in [2.45, 2.75) is 6.92 Å². The maximum absolute atomic E-state index is 5.91. The van der Waals surface area contributed by atoms with Gasteiger partial charge in [0.25, 0.3) is 0 Å². The van der Waals surface area contributed by atoms with Gasteiger partial charge in [0.05, 0.1) is 10.7 Å². The largest absolute Gasteiger partial charge is 0.436 e. The number of aryl methyl sites for hydroxylation is 1. The van der Waals surface area contributed by atoms with Crippen LogP contribution >= 0.6 is 39.1 Å². The Balaban J connectivity index is 2.34. The predicted molar refractivity (Wildman–Crippen MR) is 71.0 cm³/mol. The van der Waals surface area contributed by atoms with E-state index in [2.05, 4.69) is 25.9 Å². The van der Waals surface area contributed by atoms with Gasteiger partial charge in [-0.1, -0.05) is 17.7 Å². The number of ether oxygens (including phenoxy) is 1. The van der Waals surface area contributed by atoms with E-state index in [4.69, 9.17) is 27.9 Å². The second-order valence-electron chi connectivity index (χ2n) is 3.33. The first-order chi connectivity index (χ1) is 8.06. The lowest BCUT2D eigenvalue weighted by atomic mass is 10.2. The van der Waals surface area contributed by atoms with E-state index in [0.717, 1.165) is 10.0 Å². The molecule has 0 N–H and O–H groups in total. The lowest BCUT2D eigenvalue weighted by molar-refractivity contribution is 0.459. The Labute approximate surface area is 117 Å². The summed E-state index contributed by atoms with van der Waals surface area (Å²) in [6.45, 7) is 1.99. The van der Waals surface area contributed by atoms with E-state index >= 15 is 0 Å². The molecule has 1 aromatic heterocycles. The highest BCUT2D eigenvalue weighted by atomic mass is 79.9. The molecule has 0 aliphatic rings. The summed E-state index contributed by atoms with van der Waals surface area (Å²) in [6, 6.07) is 5.69. The SMILES string of the molecule is Cc1ccc(Oc2nc(Cl)ncc2Cl)c(Br)c1. The molecule has 0 atom stereocenters. The van der Waals surface area contributed by atoms with E-state index in [-0.39, 0.29) is 11.2 Å². The van der Waals surface area contributed by atoms with Crippen LogP contribution in [0.5, 0.6) is 11.6 Å². The molecule has 6 heteroatoms. The van der Waals surface area contributed by atoms with Crippen molar-refractivity contribution in [3.63, 3.8) is 0 Å². The molecular formula is C11H7BrCl2N2O. The third kappa shape index (κ3) is 3.09. The number of hydrogen-bond acceptors (Lipinski definition) is 3. The molecule has 3 nitrogen and oxygen atoms in total. The highest BCUT2D eigenvalue weighted by Crippen LogP contribution is 2.32. The topological polar surface area (TPSA) is 35.0 Å². The smallest absolute Gasteiger partial charge is 0.242 e. The number of aromatic nitrogens is 2. The summed E-state index contributed by atoms with van der Waals surface area (Å²) < 4.78 is 6.38. The maximum Gasteiger partial charge on any atom is 0.242 e. The van der Waals surface area contributed by atoms with Crippen LogP contribution in [-0.2, 0) is 0 Å². The second kappa shape index (κ2) is 5.21. The monoisotopic (exact) mass is 332 g/mol. The Morgan fingerprint density at radius 3 is 2.76 bits per heavy atom. The Morgan fingerprint density at radius 1 is 1.29 bits per heavy atom. The Kier molecular flexibility index (Phi) is 3.86. The molecule has 0 saturated heterocycles. The Bertz CT molecular complexity index is 563. The fraction of sp³-hybridized carbons (Fsp3) is 0.0909. The quantitative estimate of drug-likeness (QED) is 0.750. The van der Waals surface area contributed by atoms with Crippen molar-refractivity contribution in [3.8, 4) is 11.6 Å². The van der Waals surface area contributed by atoms with Crippen molar-refractivity contribution in [2.75, 3.05) is 0 Å². The predicted octanol–water partition coefficient (Wildman–Crippen LogP) is 4.65. The molecule has 0 aliphatic carbocycles. The van der Waals surface area contributed by atoms with E-state index in [1.165, 1.54) is 6.20 Å². The molecule has 88 valence electrons. The van der Waals surface area contributed by atoms with Crippen molar-refractivity contribution >= 4 is 39.1 Å². The van der Waals surface area contributed by atoms with Crippen LogP contribution in [0.2, 0.25) is 10.3 Å². The van der Waals surface area contributed by atoms with Crippen LogP contribution in [0.15, 0.2) is 28.9 Å². The van der Waals surface area contributed by atoms with Crippen molar-refractivity contribution < 1.29 is 4.74 Å². The second-order valence-corrected chi connectivity index (χ2v) is 4.93. The summed E-state index contributed by atoms with van der Waals surface area (Å²) in [5.41, 5.74) is 1.12. The standard InChI is InChI=1S/C11H7BrCl2N2O/c1-6-2-3-9(7(12)4-6)17-10-8(13)5-15-11(14)16-10/h2-5H,1H3. The molecule has 0 spiro atoms. The zero-order valence-electron chi connectivity index (χ0n) is 8.75. The summed E-state index contributed by atoms with van der Waals surface area (Å²) >= 11 is 15.0. The van der Waals surface area contributed by atoms with Gasteiger partial charge in [0.1, 0.15) is 10.8 Å². The van der Waals surface area contributed by atoms with Crippen LogP contribution in [0.25, 0.3) is 0 Å². The summed E-state index contributed by atoms with van der Waals surface area (Å²) in [5, 5.41) is 0.398. The fourth-order valence-electron chi connectivity index (χ4n) is 1.20. The minimum absolute atomic E-state index is 0.0904. The van der Waals surface area contributed by atoms with Gasteiger partial charge in [-0.3, -0.25) is 0 Å². The lowest BCUT2D eigenvalue weighted by Gasteiger charge is -2.08. The van der Waals surface area contributed by atoms with Crippen LogP contribution in [0.3, 0.4) is 0 Å². The zero-order valence-corrected chi connectivity index (χ0v) is 11.8. The van der Waals surface area contributed by atoms with Gasteiger partial charge in [-0.25, -0.2) is 4.98 Å². The van der Waals surface area contributed by atoms with E-state index in [0.29, 0.717) is 10.8 Å². The number of nitrogens with zero attached hydrogens (tertiary/aromatic N) is 2. The minimum Gasteiger partial charge on any atom is -0.436 e. The summed E-state index contributed by atoms with van der Waals surface area (Å²) in [5.74, 6) is 0.850. The van der Waals surface area contributed by atoms with Gasteiger partial charge in [0.2, 0.25) is 11.2 Å². The molecule has 0 radical (unpaired) electrons. The molecule has 2 aromatic rings. The van der Waals surface area contributed by atoms with Crippen LogP contribution in [0.4, 0.5) is 0 Å². The van der Waals surface area contributed by atoms with Crippen molar-refractivity contribution in [3.05, 3.63) is 44.7 Å². The third-order valence-electron chi connectivity index (χ3n) is 1.98. The maximum atomic E-state index is 5.91. The Morgan fingerprint density at radius 2 is 2.06 bits per heavy atom. The van der Waals surface area contributed by atoms with E-state index < -0.39 is 0 Å². The number of hydrogen-bond donors (Lipinski definition) is 0. The molecule has 1 heterocycles. The van der Waals surface area contributed by atoms with Gasteiger partial charge in [-0.05, 0) is 52.2 Å². The average molecular weight is 334 g/mol. The summed E-state index contributed by atoms with van der Waals surface area (Å²) in [6.07, 6.45) is 1.40. The molecule has 2 rings (SSSR count). The van der Waals surface area contributed by atoms with Gasteiger partial charge >= 0.3 is 0 Å². The zero-order chi connectivity index (χ0) is 12.4. The number of halogens is 3. The molecule has 1 aromatic carbocycles. The average Bonchev–Trinajstić information content (AvgIpc) is 2.27. The van der Waals surface area contributed by atoms with Crippen LogP contribution in [-0.4, -0.2) is 9.97 Å². The van der Waals surface area contributed by atoms with Crippen LogP contribution in [0.1, 0.15) is 5.56 Å². The highest BCUT2D eigenvalue weighted by molar-refractivity contribution is 9.10. The first kappa shape index (κ1) is 12.6. The van der Waals surface area contributed by atoms with Crippen LogP contribution < -0.4 is 4.74 Å². The molecule has 0 bridgehead atoms. The Hall–Kier alpha value is -0.840. The highest BCUT2D eigenvalue weighted by Gasteiger charge is 2.09. The molecule has 0 aliphatic heterocycles. The molecule has 17 heavy (non-hydrogen) atoms. The van der Waals surface area contributed by atoms with Crippen molar-refractivity contribution in [1.82, 2.24) is 9.97 Å². The molecule has 0 fully saturated rings. The van der Waals surface area contributed by atoms with E-state index in [1.54, 1.807) is 0 Å². The molecular weight excluding hydrogens is 327 g/mol. The van der Waals surface area contributed by atoms with Gasteiger partial charge in [-0.2, -0.15) is 4.98 Å². The molecule has 0 saturated carbocycles. The lowest BCUT2D eigenvalue weighted by Crippen LogP contribution is -1.92.